The number of nitrogens with zero attached hydrogens (tertiary/aromatic N) is 3. The molecule has 3 fully saturated rings. The monoisotopic (exact) mass is 1200 g/mol. The maximum Gasteiger partial charge on any atom is 0.416 e. The Labute approximate surface area is 500 Å². The number of aromatic amines is 6. The highest BCUT2D eigenvalue weighted by Crippen LogP contribution is 2.33. The first-order chi connectivity index (χ1) is 41.7. The lowest BCUT2D eigenvalue weighted by molar-refractivity contribution is -0.137. The molecule has 0 aliphatic carbocycles. The Morgan fingerprint density at radius 3 is 1.01 bits per heavy atom. The molecule has 6 aromatic heterocycles. The molecule has 3 aliphatic rings. The van der Waals surface area contributed by atoms with Crippen LogP contribution in [0, 0.1) is 0 Å². The molecular weight excluding hydrogens is 1140 g/mol. The number of rotatable bonds is 12. The maximum absolute atomic E-state index is 12.9. The number of pyridine rings is 3. The fraction of sp³-hybridized carbons (Fsp3) is 0.215. The maximum atomic E-state index is 12.9. The lowest BCUT2D eigenvalue weighted by Crippen LogP contribution is -2.23. The molecule has 9 aromatic rings. The topological polar surface area (TPSA) is 272 Å². The third kappa shape index (κ3) is 14.9. The van der Waals surface area contributed by atoms with E-state index in [4.69, 9.17) is 11.6 Å². The first-order valence-corrected chi connectivity index (χ1v) is 28.4. The summed E-state index contributed by atoms with van der Waals surface area (Å²) in [6.45, 7) is 6.54. The van der Waals surface area contributed by atoms with Gasteiger partial charge >= 0.3 is 6.18 Å². The van der Waals surface area contributed by atoms with Gasteiger partial charge in [-0.1, -0.05) is 99.1 Å². The predicted molar refractivity (Wildman–Crippen MR) is 327 cm³/mol. The van der Waals surface area contributed by atoms with Crippen LogP contribution >= 0.6 is 11.6 Å². The van der Waals surface area contributed by atoms with Gasteiger partial charge in [-0.3, -0.25) is 44.1 Å². The molecule has 0 unspecified atom stereocenters. The quantitative estimate of drug-likeness (QED) is 0.0562. The molecule has 18 nitrogen and oxygen atoms in total. The molecule has 3 amide bonds. The zero-order valence-electron chi connectivity index (χ0n) is 47.4. The summed E-state index contributed by atoms with van der Waals surface area (Å²) in [7, 11) is 0. The number of hydrogen-bond donors (Lipinski definition) is 9. The number of alkyl halides is 3. The summed E-state index contributed by atoms with van der Waals surface area (Å²) in [5.74, 6) is 0.00445. The Hall–Kier alpha value is -10.2. The fourth-order valence-corrected chi connectivity index (χ4v) is 10.4. The molecule has 9 N–H and O–H groups in total. The van der Waals surface area contributed by atoms with E-state index >= 15 is 0 Å². The van der Waals surface area contributed by atoms with Crippen molar-refractivity contribution in [3.8, 4) is 33.4 Å². The Balaban J connectivity index is 0.000000145. The van der Waals surface area contributed by atoms with Crippen LogP contribution < -0.4 is 32.6 Å². The first-order valence-electron chi connectivity index (χ1n) is 28.0. The number of benzene rings is 3. The molecule has 0 bridgehead atoms. The minimum atomic E-state index is -4.44. The number of aromatic nitrogens is 9. The average molecular weight is 1200 g/mol. The molecular formula is C65H60ClF3N12O6. The van der Waals surface area contributed by atoms with Crippen LogP contribution in [0.2, 0.25) is 5.02 Å². The van der Waals surface area contributed by atoms with Gasteiger partial charge in [0.05, 0.1) is 40.8 Å². The fourth-order valence-electron chi connectivity index (χ4n) is 10.3. The Kier molecular flexibility index (Phi) is 17.9. The second-order valence-corrected chi connectivity index (χ2v) is 22.5. The number of carbonyl (C=O) groups excluding carboxylic acids is 3. The van der Waals surface area contributed by atoms with E-state index in [0.29, 0.717) is 75.5 Å². The van der Waals surface area contributed by atoms with Crippen molar-refractivity contribution in [1.29, 1.82) is 0 Å². The van der Waals surface area contributed by atoms with E-state index in [9.17, 15) is 41.9 Å². The normalized spacial score (nSPS) is 17.2. The molecule has 87 heavy (non-hydrogen) atoms. The van der Waals surface area contributed by atoms with Crippen molar-refractivity contribution >= 4 is 46.0 Å². The highest BCUT2D eigenvalue weighted by atomic mass is 35.5. The summed E-state index contributed by atoms with van der Waals surface area (Å²) in [5.41, 5.74) is 9.90. The van der Waals surface area contributed by atoms with Crippen LogP contribution in [0.4, 0.5) is 13.2 Å². The van der Waals surface area contributed by atoms with E-state index in [1.165, 1.54) is 23.9 Å². The first kappa shape index (κ1) is 60.0. The van der Waals surface area contributed by atoms with Gasteiger partial charge in [0.25, 0.3) is 16.7 Å². The van der Waals surface area contributed by atoms with E-state index in [2.05, 4.69) is 107 Å². The molecule has 3 aliphatic heterocycles. The third-order valence-corrected chi connectivity index (χ3v) is 15.2. The Morgan fingerprint density at radius 1 is 0.448 bits per heavy atom. The van der Waals surface area contributed by atoms with Crippen LogP contribution in [0.15, 0.2) is 179 Å². The van der Waals surface area contributed by atoms with Crippen LogP contribution in [-0.4, -0.2) is 81.4 Å². The average Bonchev–Trinajstić information content (AvgIpc) is 3.45. The largest absolute Gasteiger partial charge is 0.416 e. The summed E-state index contributed by atoms with van der Waals surface area (Å²) < 4.78 is 38.8. The van der Waals surface area contributed by atoms with Gasteiger partial charge < -0.3 is 30.9 Å². The second-order valence-electron chi connectivity index (χ2n) is 22.1. The second kappa shape index (κ2) is 26.0. The number of hydrogen-bond acceptors (Lipinski definition) is 9. The van der Waals surface area contributed by atoms with Crippen molar-refractivity contribution in [3.05, 3.63) is 246 Å². The summed E-state index contributed by atoms with van der Waals surface area (Å²) in [4.78, 5) is 81.5. The van der Waals surface area contributed by atoms with Gasteiger partial charge in [-0.25, -0.2) is 0 Å². The molecule has 3 saturated heterocycles. The van der Waals surface area contributed by atoms with Crippen LogP contribution in [0.25, 0.3) is 50.1 Å². The Bertz CT molecular complexity index is 4010. The van der Waals surface area contributed by atoms with Gasteiger partial charge in [-0.2, -0.15) is 28.5 Å². The zero-order chi connectivity index (χ0) is 61.4. The lowest BCUT2D eigenvalue weighted by Gasteiger charge is -2.20. The molecule has 0 radical (unpaired) electrons. The number of carbonyl (C=O) groups is 3. The molecule has 444 valence electrons. The minimum Gasteiger partial charge on any atom is -0.350 e. The number of amides is 3. The highest BCUT2D eigenvalue weighted by molar-refractivity contribution is 6.30. The van der Waals surface area contributed by atoms with Crippen LogP contribution in [0.5, 0.6) is 0 Å². The van der Waals surface area contributed by atoms with Gasteiger partial charge in [-0.15, -0.1) is 0 Å². The van der Waals surface area contributed by atoms with Crippen molar-refractivity contribution in [3.63, 3.8) is 0 Å². The highest BCUT2D eigenvalue weighted by Gasteiger charge is 2.31. The molecule has 3 atom stereocenters. The van der Waals surface area contributed by atoms with E-state index < -0.39 is 11.7 Å². The summed E-state index contributed by atoms with van der Waals surface area (Å²) >= 11 is 6.01. The Morgan fingerprint density at radius 2 is 0.759 bits per heavy atom. The molecule has 12 rings (SSSR count). The summed E-state index contributed by atoms with van der Waals surface area (Å²) in [6.07, 6.45) is 14.5. The molecule has 0 saturated carbocycles. The van der Waals surface area contributed by atoms with Crippen LogP contribution in [-0.2, 0) is 26.0 Å². The van der Waals surface area contributed by atoms with Crippen LogP contribution in [0.3, 0.4) is 0 Å². The number of H-pyrrole nitrogens is 6. The van der Waals surface area contributed by atoms with Crippen LogP contribution in [0.1, 0.15) is 104 Å². The predicted octanol–water partition coefficient (Wildman–Crippen LogP) is 10.4. The molecule has 3 aromatic carbocycles. The minimum absolute atomic E-state index is 0.0375. The van der Waals surface area contributed by atoms with Gasteiger partial charge in [0.15, 0.2) is 0 Å². The summed E-state index contributed by atoms with van der Waals surface area (Å²) in [5, 5.41) is 29.1. The zero-order valence-corrected chi connectivity index (χ0v) is 48.1. The molecule has 0 spiro atoms. The van der Waals surface area contributed by atoms with Gasteiger partial charge in [0.1, 0.15) is 0 Å². The smallest absolute Gasteiger partial charge is 0.350 e. The molecule has 22 heteroatoms. The van der Waals surface area contributed by atoms with Crippen molar-refractivity contribution < 1.29 is 27.6 Å². The van der Waals surface area contributed by atoms with Crippen molar-refractivity contribution in [1.82, 2.24) is 61.5 Å². The number of nitrogens with one attached hydrogen (secondary N) is 9. The van der Waals surface area contributed by atoms with Crippen molar-refractivity contribution in [2.75, 3.05) is 0 Å². The standard InChI is InChI=1S/C24H26N4O2.C21H17F3N4O2.C20H17ClN4O2/c1-24(2,3)17-6-4-15(5-7-17)20(12-18-8-11-22(29)27-18)21-10-9-19(23(30)28-21)16-13-25-26-14-16;22-21(23,24)14-3-1-12(2-4-14)17(9-15-5-8-19(29)27-15)18-7-6-16(20(30)28-18)13-10-25-26-11-13;21-14-3-1-12(2-4-14)17(9-15-5-8-19(26)24-15)18-7-6-16(20(27)25-18)13-10-22-23-11-13/h4-7,9-10,12-14,18H,8,11H2,1-3H3,(H,25,26)(H,27,29)(H,28,30);1-4,6-7,9-11,15H,5,8H2,(H,25,26)(H,27,29)(H,28,30);1-4,6-7,9-11,15H,5,8H2,(H,22,23)(H,24,26)(H,25,27)/b20-12+;2*17-9+/t18-;2*15-/m111/s1. The lowest BCUT2D eigenvalue weighted by atomic mass is 9.86. The number of halogens is 4. The van der Waals surface area contributed by atoms with E-state index in [1.807, 2.05) is 42.5 Å². The summed E-state index contributed by atoms with van der Waals surface area (Å²) in [6, 6.07) is 30.8. The third-order valence-electron chi connectivity index (χ3n) is 15.0. The van der Waals surface area contributed by atoms with Crippen molar-refractivity contribution in [2.45, 2.75) is 89.0 Å². The van der Waals surface area contributed by atoms with Crippen molar-refractivity contribution in [2.24, 2.45) is 0 Å². The van der Waals surface area contributed by atoms with Gasteiger partial charge in [0, 0.05) is 111 Å². The van der Waals surface area contributed by atoms with E-state index in [0.717, 1.165) is 64.1 Å². The molecule has 9 heterocycles. The van der Waals surface area contributed by atoms with Gasteiger partial charge in [-0.05, 0) is 108 Å². The SMILES string of the molecule is CC(C)(C)c1ccc(/C(=C\[C@H]2CCC(=O)N2)c2ccc(-c3cn[nH]c3)c(=O)[nH]2)cc1.O=C1CC[C@H](/C=C(\c2ccc(C(F)(F)F)cc2)c2ccc(-c3cn[nH]c3)c(=O)[nH]2)N1.O=C1CC[C@H](/C=C(\c2ccc(Cl)cc2)c2ccc(-c3cn[nH]c3)c(=O)[nH]2)N1. The van der Waals surface area contributed by atoms with E-state index in [1.54, 1.807) is 67.4 Å². The van der Waals surface area contributed by atoms with Gasteiger partial charge in [0.2, 0.25) is 17.7 Å². The van der Waals surface area contributed by atoms with E-state index in [-0.39, 0.29) is 57.9 Å².